The van der Waals surface area contributed by atoms with Crippen LogP contribution in [0.3, 0.4) is 0 Å². The van der Waals surface area contributed by atoms with Gasteiger partial charge in [-0.15, -0.1) is 0 Å². The van der Waals surface area contributed by atoms with Crippen LogP contribution >= 0.6 is 0 Å². The Balaban J connectivity index is 3.11. The predicted molar refractivity (Wildman–Crippen MR) is 60.5 cm³/mol. The molecule has 0 saturated heterocycles. The lowest BCUT2D eigenvalue weighted by Gasteiger charge is -1.99. The molecule has 0 aromatic rings. The van der Waals surface area contributed by atoms with Gasteiger partial charge < -0.3 is 5.41 Å². The summed E-state index contributed by atoms with van der Waals surface area (Å²) in [7, 11) is 0. The van der Waals surface area contributed by atoms with Crippen LogP contribution in [0.2, 0.25) is 0 Å². The number of hydrogen-bond donors (Lipinski definition) is 1. The second-order valence-corrected chi connectivity index (χ2v) is 3.54. The Kier molecular flexibility index (Phi) is 9.07. The average molecular weight is 181 g/mol. The first-order chi connectivity index (χ1) is 6.31. The number of unbranched alkanes of at least 4 members (excludes halogenated alkanes) is 5. The fourth-order valence-electron chi connectivity index (χ4n) is 1.38. The van der Waals surface area contributed by atoms with E-state index in [0.29, 0.717) is 0 Å². The Morgan fingerprint density at radius 1 is 1.08 bits per heavy atom. The van der Waals surface area contributed by atoms with Gasteiger partial charge in [-0.25, -0.2) is 0 Å². The second kappa shape index (κ2) is 9.50. The molecular formula is C12H23N. The summed E-state index contributed by atoms with van der Waals surface area (Å²) in [6.45, 7) is 4.21. The maximum atomic E-state index is 7.52. The Morgan fingerprint density at radius 3 is 2.31 bits per heavy atom. The van der Waals surface area contributed by atoms with Gasteiger partial charge in [0.25, 0.3) is 0 Å². The second-order valence-electron chi connectivity index (χ2n) is 3.54. The zero-order valence-electron chi connectivity index (χ0n) is 9.10. The van der Waals surface area contributed by atoms with Crippen molar-refractivity contribution in [3.63, 3.8) is 0 Å². The van der Waals surface area contributed by atoms with E-state index in [2.05, 4.69) is 6.92 Å². The summed E-state index contributed by atoms with van der Waals surface area (Å²) in [5.41, 5.74) is 0.776. The highest BCUT2D eigenvalue weighted by atomic mass is 14.4. The molecule has 0 unspecified atom stereocenters. The van der Waals surface area contributed by atoms with Crippen LogP contribution in [0.4, 0.5) is 0 Å². The highest BCUT2D eigenvalue weighted by molar-refractivity contribution is 5.91. The first kappa shape index (κ1) is 12.4. The monoisotopic (exact) mass is 181 g/mol. The van der Waals surface area contributed by atoms with Gasteiger partial charge in [-0.3, -0.25) is 0 Å². The standard InChI is InChI=1S/C12H23N/c1-3-5-6-7-8-9-11-12(13)10-4-2/h4,10,13H,3,5-9,11H2,1-2H3/b10-4+,13-12?. The Morgan fingerprint density at radius 2 is 1.69 bits per heavy atom. The van der Waals surface area contributed by atoms with Crippen LogP contribution in [-0.2, 0) is 0 Å². The lowest BCUT2D eigenvalue weighted by Crippen LogP contribution is -1.90. The van der Waals surface area contributed by atoms with Crippen molar-refractivity contribution >= 4 is 5.71 Å². The fourth-order valence-corrected chi connectivity index (χ4v) is 1.38. The molecule has 0 atom stereocenters. The van der Waals surface area contributed by atoms with Crippen LogP contribution in [0, 0.1) is 5.41 Å². The molecule has 1 N–H and O–H groups in total. The van der Waals surface area contributed by atoms with Crippen LogP contribution in [-0.4, -0.2) is 5.71 Å². The molecule has 0 aliphatic rings. The third-order valence-electron chi connectivity index (χ3n) is 2.17. The van der Waals surface area contributed by atoms with E-state index in [9.17, 15) is 0 Å². The molecule has 76 valence electrons. The van der Waals surface area contributed by atoms with Crippen molar-refractivity contribution in [1.82, 2.24) is 0 Å². The topological polar surface area (TPSA) is 23.9 Å². The van der Waals surface area contributed by atoms with E-state index in [1.807, 2.05) is 19.1 Å². The molecule has 13 heavy (non-hydrogen) atoms. The van der Waals surface area contributed by atoms with Crippen molar-refractivity contribution in [2.75, 3.05) is 0 Å². The Labute approximate surface area is 82.7 Å². The molecule has 0 aliphatic carbocycles. The van der Waals surface area contributed by atoms with Crippen molar-refractivity contribution in [3.05, 3.63) is 12.2 Å². The molecule has 0 aliphatic heterocycles. The van der Waals surface area contributed by atoms with E-state index in [0.717, 1.165) is 12.1 Å². The summed E-state index contributed by atoms with van der Waals surface area (Å²) in [5, 5.41) is 7.52. The number of hydrogen-bond acceptors (Lipinski definition) is 1. The SMILES string of the molecule is C/C=C/C(=N)CCCCCCCC. The Hall–Kier alpha value is -0.590. The highest BCUT2D eigenvalue weighted by Gasteiger charge is 1.92. The van der Waals surface area contributed by atoms with Crippen LogP contribution in [0.5, 0.6) is 0 Å². The lowest BCUT2D eigenvalue weighted by molar-refractivity contribution is 0.615. The summed E-state index contributed by atoms with van der Waals surface area (Å²) in [4.78, 5) is 0. The summed E-state index contributed by atoms with van der Waals surface area (Å²) >= 11 is 0. The van der Waals surface area contributed by atoms with Crippen molar-refractivity contribution in [3.8, 4) is 0 Å². The third-order valence-corrected chi connectivity index (χ3v) is 2.17. The molecule has 0 radical (unpaired) electrons. The molecule has 0 amide bonds. The minimum Gasteiger partial charge on any atom is -0.305 e. The van der Waals surface area contributed by atoms with Gasteiger partial charge in [-0.1, -0.05) is 45.1 Å². The molecule has 1 nitrogen and oxygen atoms in total. The van der Waals surface area contributed by atoms with Gasteiger partial charge in [0.15, 0.2) is 0 Å². The highest BCUT2D eigenvalue weighted by Crippen LogP contribution is 2.07. The minimum absolute atomic E-state index is 0.776. The van der Waals surface area contributed by atoms with Gasteiger partial charge in [0.2, 0.25) is 0 Å². The smallest absolute Gasteiger partial charge is 0.0310 e. The first-order valence-electron chi connectivity index (χ1n) is 5.51. The maximum absolute atomic E-state index is 7.52. The summed E-state index contributed by atoms with van der Waals surface area (Å²) < 4.78 is 0. The average Bonchev–Trinajstić information content (AvgIpc) is 2.11. The van der Waals surface area contributed by atoms with Gasteiger partial charge in [0, 0.05) is 5.71 Å². The molecule has 1 heteroatoms. The van der Waals surface area contributed by atoms with Crippen molar-refractivity contribution in [2.45, 2.75) is 58.8 Å². The van der Waals surface area contributed by atoms with Gasteiger partial charge in [-0.2, -0.15) is 0 Å². The van der Waals surface area contributed by atoms with E-state index in [4.69, 9.17) is 5.41 Å². The summed E-state index contributed by atoms with van der Waals surface area (Å²) in [5.74, 6) is 0. The Bertz CT molecular complexity index is 147. The molecule has 0 spiro atoms. The number of allylic oxidation sites excluding steroid dienone is 2. The van der Waals surface area contributed by atoms with Gasteiger partial charge in [0.1, 0.15) is 0 Å². The summed E-state index contributed by atoms with van der Waals surface area (Å²) in [6.07, 6.45) is 12.7. The zero-order valence-corrected chi connectivity index (χ0v) is 9.10. The molecule has 0 aromatic heterocycles. The minimum atomic E-state index is 0.776. The lowest BCUT2D eigenvalue weighted by atomic mass is 10.1. The van der Waals surface area contributed by atoms with E-state index >= 15 is 0 Å². The van der Waals surface area contributed by atoms with Crippen LogP contribution in [0.25, 0.3) is 0 Å². The molecule has 0 aromatic carbocycles. The molecule has 0 rings (SSSR count). The van der Waals surface area contributed by atoms with E-state index < -0.39 is 0 Å². The molecular weight excluding hydrogens is 158 g/mol. The maximum Gasteiger partial charge on any atom is 0.0310 e. The van der Waals surface area contributed by atoms with E-state index in [1.54, 1.807) is 0 Å². The summed E-state index contributed by atoms with van der Waals surface area (Å²) in [6, 6.07) is 0. The number of rotatable bonds is 8. The van der Waals surface area contributed by atoms with Gasteiger partial charge in [-0.05, 0) is 25.8 Å². The molecule has 0 fully saturated rings. The fraction of sp³-hybridized carbons (Fsp3) is 0.750. The normalized spacial score (nSPS) is 10.9. The molecule has 0 heterocycles. The first-order valence-corrected chi connectivity index (χ1v) is 5.51. The largest absolute Gasteiger partial charge is 0.305 e. The third kappa shape index (κ3) is 9.32. The van der Waals surface area contributed by atoms with E-state index in [1.165, 1.54) is 38.5 Å². The van der Waals surface area contributed by atoms with E-state index in [-0.39, 0.29) is 0 Å². The van der Waals surface area contributed by atoms with Gasteiger partial charge >= 0.3 is 0 Å². The van der Waals surface area contributed by atoms with Crippen molar-refractivity contribution < 1.29 is 0 Å². The van der Waals surface area contributed by atoms with Crippen molar-refractivity contribution in [1.29, 1.82) is 5.41 Å². The van der Waals surface area contributed by atoms with Crippen molar-refractivity contribution in [2.24, 2.45) is 0 Å². The number of nitrogens with one attached hydrogen (secondary N) is 1. The van der Waals surface area contributed by atoms with Crippen LogP contribution in [0.15, 0.2) is 12.2 Å². The van der Waals surface area contributed by atoms with Crippen LogP contribution < -0.4 is 0 Å². The molecule has 0 bridgehead atoms. The molecule has 0 saturated carbocycles. The van der Waals surface area contributed by atoms with Crippen LogP contribution in [0.1, 0.15) is 58.8 Å². The van der Waals surface area contributed by atoms with Gasteiger partial charge in [0.05, 0.1) is 0 Å². The zero-order chi connectivity index (χ0) is 9.94. The predicted octanol–water partition coefficient (Wildman–Crippen LogP) is 4.33. The quantitative estimate of drug-likeness (QED) is 0.425.